The zero-order valence-electron chi connectivity index (χ0n) is 18.0. The maximum Gasteiger partial charge on any atom is 0.191 e. The summed E-state index contributed by atoms with van der Waals surface area (Å²) in [5.74, 6) is 0.773. The minimum absolute atomic E-state index is 0.327. The summed E-state index contributed by atoms with van der Waals surface area (Å²) in [6, 6.07) is 9.72. The Kier molecular flexibility index (Phi) is 9.75. The fourth-order valence-corrected chi connectivity index (χ4v) is 3.46. The Labute approximate surface area is 171 Å². The number of rotatable bonds is 10. The van der Waals surface area contributed by atoms with Gasteiger partial charge in [0.05, 0.1) is 6.54 Å². The Bertz CT molecular complexity index is 568. The van der Waals surface area contributed by atoms with Gasteiger partial charge in [0.15, 0.2) is 5.96 Å². The number of nitrogens with one attached hydrogen (secondary N) is 2. The maximum absolute atomic E-state index is 10.7. The molecule has 0 radical (unpaired) electrons. The summed E-state index contributed by atoms with van der Waals surface area (Å²) in [7, 11) is 0. The minimum atomic E-state index is -0.968. The van der Waals surface area contributed by atoms with Gasteiger partial charge in [-0.25, -0.2) is 4.99 Å². The van der Waals surface area contributed by atoms with Crippen LogP contribution >= 0.6 is 0 Å². The van der Waals surface area contributed by atoms with Crippen LogP contribution in [0.2, 0.25) is 0 Å². The molecule has 1 aliphatic rings. The molecule has 158 valence electrons. The molecule has 6 nitrogen and oxygen atoms in total. The van der Waals surface area contributed by atoms with Crippen molar-refractivity contribution in [2.24, 2.45) is 4.99 Å². The van der Waals surface area contributed by atoms with E-state index in [1.807, 2.05) is 37.3 Å². The van der Waals surface area contributed by atoms with E-state index in [1.165, 1.54) is 45.7 Å². The van der Waals surface area contributed by atoms with Crippen molar-refractivity contribution in [1.29, 1.82) is 0 Å². The van der Waals surface area contributed by atoms with Crippen LogP contribution in [0, 0.1) is 0 Å². The summed E-state index contributed by atoms with van der Waals surface area (Å²) in [6.07, 6.45) is 2.31. The highest BCUT2D eigenvalue weighted by atomic mass is 16.3. The van der Waals surface area contributed by atoms with Crippen molar-refractivity contribution in [1.82, 2.24) is 20.4 Å². The number of aliphatic hydroxyl groups is 1. The molecule has 1 fully saturated rings. The number of benzene rings is 1. The zero-order valence-corrected chi connectivity index (χ0v) is 18.0. The monoisotopic (exact) mass is 389 g/mol. The number of piperazine rings is 1. The van der Waals surface area contributed by atoms with Gasteiger partial charge in [0.2, 0.25) is 0 Å². The average molecular weight is 390 g/mol. The van der Waals surface area contributed by atoms with Gasteiger partial charge in [0.25, 0.3) is 0 Å². The molecule has 3 N–H and O–H groups in total. The zero-order chi connectivity index (χ0) is 20.2. The Balaban J connectivity index is 1.70. The van der Waals surface area contributed by atoms with Crippen molar-refractivity contribution in [3.8, 4) is 0 Å². The number of hydrogen-bond donors (Lipinski definition) is 3. The molecule has 1 heterocycles. The molecule has 0 aliphatic carbocycles. The van der Waals surface area contributed by atoms with E-state index < -0.39 is 5.60 Å². The van der Waals surface area contributed by atoms with Gasteiger partial charge in [-0.1, -0.05) is 37.3 Å². The number of likely N-dealkylation sites (N-methyl/N-ethyl adjacent to an activating group) is 1. The Hall–Kier alpha value is -1.63. The van der Waals surface area contributed by atoms with E-state index in [0.29, 0.717) is 6.54 Å². The summed E-state index contributed by atoms with van der Waals surface area (Å²) in [5.41, 5.74) is -0.0812. The lowest BCUT2D eigenvalue weighted by molar-refractivity contribution is 0.0672. The van der Waals surface area contributed by atoms with Gasteiger partial charge in [-0.3, -0.25) is 0 Å². The van der Waals surface area contributed by atoms with Crippen LogP contribution in [0.25, 0.3) is 0 Å². The van der Waals surface area contributed by atoms with Crippen molar-refractivity contribution in [2.45, 2.75) is 39.2 Å². The van der Waals surface area contributed by atoms with Gasteiger partial charge in [0, 0.05) is 39.3 Å². The van der Waals surface area contributed by atoms with E-state index in [-0.39, 0.29) is 0 Å². The highest BCUT2D eigenvalue weighted by Gasteiger charge is 2.22. The number of nitrogens with zero attached hydrogens (tertiary/aromatic N) is 3. The van der Waals surface area contributed by atoms with Crippen LogP contribution in [-0.2, 0) is 5.60 Å². The molecule has 0 aromatic heterocycles. The van der Waals surface area contributed by atoms with Crippen LogP contribution in [0.4, 0.5) is 0 Å². The topological polar surface area (TPSA) is 63.1 Å². The van der Waals surface area contributed by atoms with Crippen LogP contribution in [0.1, 0.15) is 39.2 Å². The standard InChI is InChI=1S/C22H39N5O/c1-4-23-21(25-19-22(3,28)20-11-7-6-8-12-20)24-13-9-10-14-27-17-15-26(5-2)16-18-27/h6-8,11-12,28H,4-5,9-10,13-19H2,1-3H3,(H2,23,24,25). The van der Waals surface area contributed by atoms with E-state index in [9.17, 15) is 5.11 Å². The van der Waals surface area contributed by atoms with Crippen molar-refractivity contribution < 1.29 is 5.11 Å². The average Bonchev–Trinajstić information content (AvgIpc) is 2.73. The van der Waals surface area contributed by atoms with Crippen LogP contribution in [0.15, 0.2) is 35.3 Å². The molecule has 0 bridgehead atoms. The van der Waals surface area contributed by atoms with Gasteiger partial charge in [-0.2, -0.15) is 0 Å². The normalized spacial score (nSPS) is 18.6. The van der Waals surface area contributed by atoms with Gasteiger partial charge < -0.3 is 25.5 Å². The molecule has 1 aliphatic heterocycles. The molecule has 0 saturated carbocycles. The minimum Gasteiger partial charge on any atom is -0.384 e. The third kappa shape index (κ3) is 7.78. The second kappa shape index (κ2) is 12.0. The molecule has 0 amide bonds. The molecule has 1 aromatic carbocycles. The first-order valence-corrected chi connectivity index (χ1v) is 10.8. The number of aliphatic imine (C=N–C) groups is 1. The fraction of sp³-hybridized carbons (Fsp3) is 0.682. The van der Waals surface area contributed by atoms with Gasteiger partial charge in [-0.05, 0) is 45.3 Å². The van der Waals surface area contributed by atoms with Crippen molar-refractivity contribution in [3.05, 3.63) is 35.9 Å². The molecular weight excluding hydrogens is 350 g/mol. The molecule has 0 spiro atoms. The summed E-state index contributed by atoms with van der Waals surface area (Å²) in [5, 5.41) is 17.4. The van der Waals surface area contributed by atoms with E-state index in [0.717, 1.165) is 31.0 Å². The molecule has 2 rings (SSSR count). The van der Waals surface area contributed by atoms with Crippen LogP contribution in [0.5, 0.6) is 0 Å². The number of guanidine groups is 1. The maximum atomic E-state index is 10.7. The SMILES string of the molecule is CCNC(=NCC(C)(O)c1ccccc1)NCCCCN1CCN(CC)CC1. The second-order valence-electron chi connectivity index (χ2n) is 7.74. The van der Waals surface area contributed by atoms with Gasteiger partial charge >= 0.3 is 0 Å². The highest BCUT2D eigenvalue weighted by molar-refractivity contribution is 5.79. The van der Waals surface area contributed by atoms with E-state index >= 15 is 0 Å². The predicted octanol–water partition coefficient (Wildman–Crippen LogP) is 1.87. The molecule has 1 aromatic rings. The quantitative estimate of drug-likeness (QED) is 0.324. The van der Waals surface area contributed by atoms with Gasteiger partial charge in [-0.15, -0.1) is 0 Å². The van der Waals surface area contributed by atoms with Crippen LogP contribution < -0.4 is 10.6 Å². The summed E-state index contributed by atoms with van der Waals surface area (Å²) in [6.45, 7) is 15.3. The predicted molar refractivity (Wildman–Crippen MR) is 118 cm³/mol. The van der Waals surface area contributed by atoms with E-state index in [2.05, 4.69) is 39.3 Å². The van der Waals surface area contributed by atoms with Crippen LogP contribution in [0.3, 0.4) is 0 Å². The van der Waals surface area contributed by atoms with Crippen LogP contribution in [-0.4, -0.2) is 79.8 Å². The highest BCUT2D eigenvalue weighted by Crippen LogP contribution is 2.20. The molecule has 1 saturated heterocycles. The van der Waals surface area contributed by atoms with E-state index in [4.69, 9.17) is 0 Å². The molecule has 6 heteroatoms. The first kappa shape index (κ1) is 22.7. The van der Waals surface area contributed by atoms with E-state index in [1.54, 1.807) is 0 Å². The second-order valence-corrected chi connectivity index (χ2v) is 7.74. The fourth-order valence-electron chi connectivity index (χ4n) is 3.46. The molecule has 1 atom stereocenters. The summed E-state index contributed by atoms with van der Waals surface area (Å²) < 4.78 is 0. The third-order valence-electron chi connectivity index (χ3n) is 5.39. The first-order valence-electron chi connectivity index (χ1n) is 10.8. The van der Waals surface area contributed by atoms with Crippen molar-refractivity contribution >= 4 is 5.96 Å². The lowest BCUT2D eigenvalue weighted by Crippen LogP contribution is -2.46. The van der Waals surface area contributed by atoms with Crippen molar-refractivity contribution in [3.63, 3.8) is 0 Å². The lowest BCUT2D eigenvalue weighted by atomic mass is 9.96. The Morgan fingerprint density at radius 1 is 1.04 bits per heavy atom. The Morgan fingerprint density at radius 3 is 2.36 bits per heavy atom. The van der Waals surface area contributed by atoms with Crippen molar-refractivity contribution in [2.75, 3.05) is 58.9 Å². The number of hydrogen-bond acceptors (Lipinski definition) is 4. The third-order valence-corrected chi connectivity index (χ3v) is 5.39. The summed E-state index contributed by atoms with van der Waals surface area (Å²) in [4.78, 5) is 9.68. The molecule has 28 heavy (non-hydrogen) atoms. The van der Waals surface area contributed by atoms with Gasteiger partial charge in [0.1, 0.15) is 5.60 Å². The Morgan fingerprint density at radius 2 is 1.71 bits per heavy atom. The molecule has 1 unspecified atom stereocenters. The molecular formula is C22H39N5O. The summed E-state index contributed by atoms with van der Waals surface area (Å²) >= 11 is 0. The number of unbranched alkanes of at least 4 members (excludes halogenated alkanes) is 1. The smallest absolute Gasteiger partial charge is 0.191 e. The lowest BCUT2D eigenvalue weighted by Gasteiger charge is -2.34. The first-order chi connectivity index (χ1) is 13.5. The largest absolute Gasteiger partial charge is 0.384 e.